The molecule has 0 saturated carbocycles. The summed E-state index contributed by atoms with van der Waals surface area (Å²) in [6.45, 7) is 8.00. The van der Waals surface area contributed by atoms with Gasteiger partial charge in [-0.05, 0) is 42.5 Å². The minimum absolute atomic E-state index is 0.490. The van der Waals surface area contributed by atoms with E-state index in [-0.39, 0.29) is 0 Å². The zero-order chi connectivity index (χ0) is 12.0. The van der Waals surface area contributed by atoms with Crippen LogP contribution in [0.4, 0.5) is 0 Å². The molecule has 0 unspecified atom stereocenters. The van der Waals surface area contributed by atoms with Gasteiger partial charge in [0.05, 0.1) is 6.61 Å². The number of hydrogen-bond donors (Lipinski definition) is 1. The molecule has 0 spiro atoms. The molecule has 0 aliphatic carbocycles. The van der Waals surface area contributed by atoms with Crippen LogP contribution in [-0.2, 0) is 6.42 Å². The number of nitrogens with two attached hydrogens (primary N) is 1. The van der Waals surface area contributed by atoms with Gasteiger partial charge in [-0.2, -0.15) is 0 Å². The molecule has 2 nitrogen and oxygen atoms in total. The monoisotopic (exact) mass is 221 g/mol. The molecule has 16 heavy (non-hydrogen) atoms. The van der Waals surface area contributed by atoms with E-state index in [9.17, 15) is 0 Å². The van der Waals surface area contributed by atoms with Gasteiger partial charge in [0.15, 0.2) is 0 Å². The Bertz CT molecular complexity index is 321. The first kappa shape index (κ1) is 13.0. The van der Waals surface area contributed by atoms with Crippen LogP contribution >= 0.6 is 0 Å². The van der Waals surface area contributed by atoms with E-state index in [1.54, 1.807) is 0 Å². The minimum Gasteiger partial charge on any atom is -0.493 e. The summed E-state index contributed by atoms with van der Waals surface area (Å²) in [6, 6.07) is 6.42. The van der Waals surface area contributed by atoms with Crippen LogP contribution in [-0.4, -0.2) is 13.2 Å². The molecule has 0 saturated heterocycles. The Hall–Kier alpha value is -1.02. The van der Waals surface area contributed by atoms with Crippen LogP contribution in [0.3, 0.4) is 0 Å². The van der Waals surface area contributed by atoms with Gasteiger partial charge in [-0.15, -0.1) is 0 Å². The highest BCUT2D eigenvalue weighted by Gasteiger charge is 2.08. The highest BCUT2D eigenvalue weighted by Crippen LogP contribution is 2.27. The lowest BCUT2D eigenvalue weighted by Gasteiger charge is -2.15. The van der Waals surface area contributed by atoms with Crippen molar-refractivity contribution in [2.24, 2.45) is 5.73 Å². The molecule has 90 valence electrons. The number of rotatable bonds is 6. The second kappa shape index (κ2) is 6.54. The average Bonchev–Trinajstić information content (AvgIpc) is 2.27. The zero-order valence-corrected chi connectivity index (χ0v) is 10.6. The molecule has 2 heteroatoms. The molecule has 1 aromatic rings. The van der Waals surface area contributed by atoms with E-state index in [4.69, 9.17) is 10.5 Å². The molecule has 2 N–H and O–H groups in total. The fourth-order valence-electron chi connectivity index (χ4n) is 1.71. The van der Waals surface area contributed by atoms with Crippen LogP contribution in [0.5, 0.6) is 5.75 Å². The average molecular weight is 221 g/mol. The van der Waals surface area contributed by atoms with Crippen LogP contribution in [0, 0.1) is 0 Å². The van der Waals surface area contributed by atoms with Crippen molar-refractivity contribution in [2.45, 2.75) is 39.5 Å². The first-order valence-corrected chi connectivity index (χ1v) is 6.14. The second-order valence-corrected chi connectivity index (χ2v) is 4.41. The molecule has 0 atom stereocenters. The topological polar surface area (TPSA) is 35.2 Å². The van der Waals surface area contributed by atoms with Gasteiger partial charge >= 0.3 is 0 Å². The van der Waals surface area contributed by atoms with E-state index in [2.05, 4.69) is 39.0 Å². The quantitative estimate of drug-likeness (QED) is 0.801. The van der Waals surface area contributed by atoms with Crippen molar-refractivity contribution in [3.63, 3.8) is 0 Å². The maximum atomic E-state index is 5.75. The molecule has 0 aromatic heterocycles. The standard InChI is InChI=1S/C14H23NO/c1-4-9-16-14-6-5-12(7-8-15)10-13(14)11(2)3/h5-6,10-11H,4,7-9,15H2,1-3H3. The number of hydrogen-bond acceptors (Lipinski definition) is 2. The Kier molecular flexibility index (Phi) is 5.33. The summed E-state index contributed by atoms with van der Waals surface area (Å²) in [6.07, 6.45) is 1.98. The summed E-state index contributed by atoms with van der Waals surface area (Å²) in [5, 5.41) is 0. The molecule has 1 aromatic carbocycles. The fourth-order valence-corrected chi connectivity index (χ4v) is 1.71. The zero-order valence-electron chi connectivity index (χ0n) is 10.6. The summed E-state index contributed by atoms with van der Waals surface area (Å²) >= 11 is 0. The third kappa shape index (κ3) is 3.53. The van der Waals surface area contributed by atoms with Crippen LogP contribution in [0.2, 0.25) is 0 Å². The maximum absolute atomic E-state index is 5.75. The van der Waals surface area contributed by atoms with E-state index in [0.717, 1.165) is 25.2 Å². The fraction of sp³-hybridized carbons (Fsp3) is 0.571. The van der Waals surface area contributed by atoms with Crippen molar-refractivity contribution in [2.75, 3.05) is 13.2 Å². The molecule has 0 bridgehead atoms. The van der Waals surface area contributed by atoms with E-state index in [1.165, 1.54) is 11.1 Å². The molecular weight excluding hydrogens is 198 g/mol. The molecule has 0 aliphatic rings. The Morgan fingerprint density at radius 3 is 2.62 bits per heavy atom. The summed E-state index contributed by atoms with van der Waals surface area (Å²) in [7, 11) is 0. The molecule has 0 aliphatic heterocycles. The highest BCUT2D eigenvalue weighted by atomic mass is 16.5. The van der Waals surface area contributed by atoms with Crippen LogP contribution < -0.4 is 10.5 Å². The first-order chi connectivity index (χ1) is 7.69. The van der Waals surface area contributed by atoms with Gasteiger partial charge < -0.3 is 10.5 Å². The van der Waals surface area contributed by atoms with Crippen molar-refractivity contribution < 1.29 is 4.74 Å². The lowest BCUT2D eigenvalue weighted by Crippen LogP contribution is -2.05. The van der Waals surface area contributed by atoms with E-state index < -0.39 is 0 Å². The maximum Gasteiger partial charge on any atom is 0.122 e. The van der Waals surface area contributed by atoms with Gasteiger partial charge in [0, 0.05) is 0 Å². The smallest absolute Gasteiger partial charge is 0.122 e. The Balaban J connectivity index is 2.90. The van der Waals surface area contributed by atoms with Crippen molar-refractivity contribution in [3.8, 4) is 5.75 Å². The van der Waals surface area contributed by atoms with E-state index in [0.29, 0.717) is 12.5 Å². The van der Waals surface area contributed by atoms with Gasteiger partial charge in [-0.3, -0.25) is 0 Å². The largest absolute Gasteiger partial charge is 0.493 e. The molecule has 0 fully saturated rings. The minimum atomic E-state index is 0.490. The van der Waals surface area contributed by atoms with Gasteiger partial charge in [0.1, 0.15) is 5.75 Å². The SMILES string of the molecule is CCCOc1ccc(CCN)cc1C(C)C. The lowest BCUT2D eigenvalue weighted by atomic mass is 9.98. The van der Waals surface area contributed by atoms with Crippen LogP contribution in [0.15, 0.2) is 18.2 Å². The number of ether oxygens (including phenoxy) is 1. The Morgan fingerprint density at radius 2 is 2.06 bits per heavy atom. The van der Waals surface area contributed by atoms with E-state index >= 15 is 0 Å². The number of benzene rings is 1. The Labute approximate surface area is 98.8 Å². The molecule has 1 rings (SSSR count). The summed E-state index contributed by atoms with van der Waals surface area (Å²) in [5.41, 5.74) is 8.17. The van der Waals surface area contributed by atoms with Crippen molar-refractivity contribution >= 4 is 0 Å². The van der Waals surface area contributed by atoms with Gasteiger partial charge in [-0.25, -0.2) is 0 Å². The molecule has 0 radical (unpaired) electrons. The van der Waals surface area contributed by atoms with E-state index in [1.807, 2.05) is 0 Å². The predicted octanol–water partition coefficient (Wildman–Crippen LogP) is 3.10. The van der Waals surface area contributed by atoms with Crippen LogP contribution in [0.25, 0.3) is 0 Å². The highest BCUT2D eigenvalue weighted by molar-refractivity contribution is 5.39. The van der Waals surface area contributed by atoms with Crippen LogP contribution in [0.1, 0.15) is 44.2 Å². The molecular formula is C14H23NO. The summed E-state index contributed by atoms with van der Waals surface area (Å²) in [4.78, 5) is 0. The normalized spacial score (nSPS) is 10.8. The third-order valence-electron chi connectivity index (χ3n) is 2.59. The first-order valence-electron chi connectivity index (χ1n) is 6.14. The van der Waals surface area contributed by atoms with Crippen molar-refractivity contribution in [3.05, 3.63) is 29.3 Å². The summed E-state index contributed by atoms with van der Waals surface area (Å²) in [5.74, 6) is 1.52. The lowest BCUT2D eigenvalue weighted by molar-refractivity contribution is 0.313. The summed E-state index contributed by atoms with van der Waals surface area (Å²) < 4.78 is 5.75. The molecule has 0 heterocycles. The predicted molar refractivity (Wildman–Crippen MR) is 69.1 cm³/mol. The Morgan fingerprint density at radius 1 is 1.31 bits per heavy atom. The van der Waals surface area contributed by atoms with Gasteiger partial charge in [-0.1, -0.05) is 32.9 Å². The van der Waals surface area contributed by atoms with Gasteiger partial charge in [0.2, 0.25) is 0 Å². The third-order valence-corrected chi connectivity index (χ3v) is 2.59. The second-order valence-electron chi connectivity index (χ2n) is 4.41. The van der Waals surface area contributed by atoms with Crippen molar-refractivity contribution in [1.82, 2.24) is 0 Å². The van der Waals surface area contributed by atoms with Gasteiger partial charge in [0.25, 0.3) is 0 Å². The van der Waals surface area contributed by atoms with Crippen molar-refractivity contribution in [1.29, 1.82) is 0 Å². The molecule has 0 amide bonds.